The Hall–Kier alpha value is -3.92. The molecular formula is C29H35N5O7S. The van der Waals surface area contributed by atoms with Crippen LogP contribution in [0.4, 0.5) is 10.5 Å². The molecule has 42 heavy (non-hydrogen) atoms. The number of carbonyl (C=O) groups is 4. The number of ether oxygens (including phenoxy) is 1. The van der Waals surface area contributed by atoms with Crippen LogP contribution >= 0.6 is 0 Å². The lowest BCUT2D eigenvalue weighted by molar-refractivity contribution is -0.140. The van der Waals surface area contributed by atoms with Gasteiger partial charge in [-0.2, -0.15) is 5.26 Å². The van der Waals surface area contributed by atoms with E-state index in [-0.39, 0.29) is 42.3 Å². The first-order valence-electron chi connectivity index (χ1n) is 14.3. The second-order valence-corrected chi connectivity index (χ2v) is 13.6. The lowest BCUT2D eigenvalue weighted by Crippen LogP contribution is -2.54. The molecule has 3 saturated carbocycles. The van der Waals surface area contributed by atoms with Crippen molar-refractivity contribution in [1.82, 2.24) is 14.9 Å². The van der Waals surface area contributed by atoms with Crippen molar-refractivity contribution in [2.45, 2.75) is 68.3 Å². The van der Waals surface area contributed by atoms with Crippen LogP contribution in [0.25, 0.3) is 0 Å². The second-order valence-electron chi connectivity index (χ2n) is 11.6. The molecule has 5 rings (SSSR count). The van der Waals surface area contributed by atoms with Crippen LogP contribution in [0.15, 0.2) is 36.4 Å². The molecule has 3 fully saturated rings. The Balaban J connectivity index is 1.35. The number of fused-ring (bicyclic) bond motifs is 2. The van der Waals surface area contributed by atoms with Crippen LogP contribution in [-0.2, 0) is 29.1 Å². The number of carbonyl (C=O) groups excluding carboxylic acids is 4. The third-order valence-electron chi connectivity index (χ3n) is 8.55. The number of allylic oxidation sites excluding steroid dienone is 1. The van der Waals surface area contributed by atoms with Gasteiger partial charge in [0, 0.05) is 19.5 Å². The van der Waals surface area contributed by atoms with Crippen LogP contribution in [0.2, 0.25) is 0 Å². The lowest BCUT2D eigenvalue weighted by Gasteiger charge is -2.26. The molecule has 224 valence electrons. The van der Waals surface area contributed by atoms with Crippen LogP contribution < -0.4 is 15.4 Å². The van der Waals surface area contributed by atoms with Crippen molar-refractivity contribution in [1.29, 1.82) is 5.26 Å². The summed E-state index contributed by atoms with van der Waals surface area (Å²) < 4.78 is 32.9. The molecule has 1 aliphatic heterocycles. The summed E-state index contributed by atoms with van der Waals surface area (Å²) in [6.07, 6.45) is 5.83. The molecular weight excluding hydrogens is 562 g/mol. The highest BCUT2D eigenvalue weighted by molar-refractivity contribution is 7.91. The Morgan fingerprint density at radius 2 is 1.88 bits per heavy atom. The summed E-state index contributed by atoms with van der Waals surface area (Å²) in [6, 6.07) is 8.43. The zero-order chi connectivity index (χ0) is 30.1. The van der Waals surface area contributed by atoms with Gasteiger partial charge >= 0.3 is 6.09 Å². The lowest BCUT2D eigenvalue weighted by atomic mass is 9.93. The van der Waals surface area contributed by atoms with Crippen LogP contribution in [0.3, 0.4) is 0 Å². The van der Waals surface area contributed by atoms with Crippen molar-refractivity contribution in [3.63, 3.8) is 0 Å². The van der Waals surface area contributed by atoms with Crippen LogP contribution in [0, 0.1) is 29.1 Å². The fourth-order valence-electron chi connectivity index (χ4n) is 5.87. The molecule has 1 aromatic carbocycles. The molecule has 5 atom stereocenters. The number of hydrogen-bond donors (Lipinski definition) is 3. The largest absolute Gasteiger partial charge is 0.446 e. The molecule has 3 N–H and O–H groups in total. The maximum atomic E-state index is 13.8. The van der Waals surface area contributed by atoms with E-state index in [1.54, 1.807) is 36.2 Å². The van der Waals surface area contributed by atoms with Gasteiger partial charge < -0.3 is 15.0 Å². The molecule has 13 heteroatoms. The van der Waals surface area contributed by atoms with Crippen molar-refractivity contribution < 1.29 is 32.3 Å². The van der Waals surface area contributed by atoms with Gasteiger partial charge in [-0.05, 0) is 63.5 Å². The molecule has 0 saturated heterocycles. The van der Waals surface area contributed by atoms with E-state index in [9.17, 15) is 32.9 Å². The third kappa shape index (κ3) is 6.28. The van der Waals surface area contributed by atoms with Gasteiger partial charge in [-0.25, -0.2) is 13.2 Å². The summed E-state index contributed by atoms with van der Waals surface area (Å²) in [6.45, 7) is 0.503. The molecule has 0 spiro atoms. The number of benzene rings is 1. The van der Waals surface area contributed by atoms with Crippen molar-refractivity contribution >= 4 is 39.5 Å². The van der Waals surface area contributed by atoms with Crippen molar-refractivity contribution in [3.8, 4) is 6.07 Å². The molecule has 0 unspecified atom stereocenters. The van der Waals surface area contributed by atoms with Crippen LogP contribution in [0.1, 0.15) is 56.9 Å². The molecule has 1 heterocycles. The minimum atomic E-state index is -3.83. The van der Waals surface area contributed by atoms with Gasteiger partial charge in [0.2, 0.25) is 21.8 Å². The third-order valence-corrected chi connectivity index (χ3v) is 10.4. The average Bonchev–Trinajstić information content (AvgIpc) is 3.87. The minimum Gasteiger partial charge on any atom is -0.446 e. The molecule has 4 amide bonds. The average molecular weight is 598 g/mol. The van der Waals surface area contributed by atoms with E-state index in [0.29, 0.717) is 19.4 Å². The maximum absolute atomic E-state index is 13.8. The van der Waals surface area contributed by atoms with Gasteiger partial charge in [0.05, 0.1) is 28.3 Å². The highest BCUT2D eigenvalue weighted by atomic mass is 32.2. The van der Waals surface area contributed by atoms with E-state index in [4.69, 9.17) is 4.74 Å². The van der Waals surface area contributed by atoms with E-state index in [2.05, 4.69) is 15.4 Å². The van der Waals surface area contributed by atoms with Crippen molar-refractivity contribution in [2.75, 3.05) is 18.9 Å². The van der Waals surface area contributed by atoms with Gasteiger partial charge in [-0.15, -0.1) is 0 Å². The number of nitrogens with zero attached hydrogens (tertiary/aromatic N) is 2. The second kappa shape index (κ2) is 11.8. The fourth-order valence-corrected chi connectivity index (χ4v) is 7.24. The smallest absolute Gasteiger partial charge is 0.411 e. The Morgan fingerprint density at radius 3 is 2.62 bits per heavy atom. The SMILES string of the molecule is CN1CCCC/C=C\[C@@H]2C[C@@]2(C(=O)NS(=O)(=O)C2CC2)NC(=O)[C@@H]2C[C@@H](OC(=O)Nc3ccccc3C#N)C[C@H]2C1=O. The van der Waals surface area contributed by atoms with E-state index in [1.165, 1.54) is 0 Å². The topological polar surface area (TPSA) is 175 Å². The quantitative estimate of drug-likeness (QED) is 0.433. The van der Waals surface area contributed by atoms with Gasteiger partial charge in [-0.3, -0.25) is 24.4 Å². The fraction of sp³-hybridized carbons (Fsp3) is 0.552. The van der Waals surface area contributed by atoms with E-state index in [0.717, 1.165) is 19.3 Å². The van der Waals surface area contributed by atoms with Gasteiger partial charge in [0.25, 0.3) is 5.91 Å². The number of anilines is 1. The number of sulfonamides is 1. The number of rotatable bonds is 5. The Kier molecular flexibility index (Phi) is 8.28. The Bertz CT molecular complexity index is 1450. The molecule has 3 aliphatic carbocycles. The summed E-state index contributed by atoms with van der Waals surface area (Å²) in [7, 11) is -2.16. The number of para-hydroxylation sites is 1. The molecule has 1 aromatic rings. The maximum Gasteiger partial charge on any atom is 0.411 e. The van der Waals surface area contributed by atoms with Crippen LogP contribution in [0.5, 0.6) is 0 Å². The standard InChI is InChI=1S/C29H35N5O7S/c1-34-13-7-3-2-4-9-19-16-29(19,27(37)33-42(39,40)21-11-12-21)32-25(35)22-14-20(15-23(22)26(34)36)41-28(38)31-24-10-6-5-8-18(24)17-30/h4-6,8-10,19-23H,2-3,7,11-16H2,1H3,(H,31,38)(H,32,35)(H,33,37)/b9-4-/t19-,20-,22-,23-,29-/m1/s1. The summed E-state index contributed by atoms with van der Waals surface area (Å²) in [4.78, 5) is 54.9. The zero-order valence-corrected chi connectivity index (χ0v) is 24.2. The first-order valence-corrected chi connectivity index (χ1v) is 15.8. The number of amides is 4. The van der Waals surface area contributed by atoms with E-state index >= 15 is 0 Å². The van der Waals surface area contributed by atoms with E-state index in [1.807, 2.05) is 18.2 Å². The van der Waals surface area contributed by atoms with Crippen molar-refractivity contribution in [2.24, 2.45) is 17.8 Å². The summed E-state index contributed by atoms with van der Waals surface area (Å²) >= 11 is 0. The van der Waals surface area contributed by atoms with Gasteiger partial charge in [0.15, 0.2) is 0 Å². The van der Waals surface area contributed by atoms with Crippen LogP contribution in [-0.4, -0.2) is 67.6 Å². The zero-order valence-electron chi connectivity index (χ0n) is 23.4. The highest BCUT2D eigenvalue weighted by Gasteiger charge is 2.62. The Morgan fingerprint density at radius 1 is 1.14 bits per heavy atom. The Labute approximate surface area is 244 Å². The summed E-state index contributed by atoms with van der Waals surface area (Å²) in [5.74, 6) is -3.67. The van der Waals surface area contributed by atoms with Gasteiger partial charge in [0.1, 0.15) is 17.7 Å². The predicted molar refractivity (Wildman–Crippen MR) is 151 cm³/mol. The normalized spacial score (nSPS) is 30.4. The number of hydrogen-bond acceptors (Lipinski definition) is 8. The van der Waals surface area contributed by atoms with Gasteiger partial charge in [-0.1, -0.05) is 24.3 Å². The first-order chi connectivity index (χ1) is 20.0. The number of nitrogens with one attached hydrogen (secondary N) is 3. The first kappa shape index (κ1) is 29.6. The molecule has 4 aliphatic rings. The summed E-state index contributed by atoms with van der Waals surface area (Å²) in [5, 5.41) is 14.1. The van der Waals surface area contributed by atoms with E-state index < -0.39 is 56.7 Å². The van der Waals surface area contributed by atoms with Crippen molar-refractivity contribution in [3.05, 3.63) is 42.0 Å². The summed E-state index contributed by atoms with van der Waals surface area (Å²) in [5.41, 5.74) is -0.904. The molecule has 0 aromatic heterocycles. The monoisotopic (exact) mass is 597 g/mol. The number of nitriles is 1. The molecule has 0 bridgehead atoms. The molecule has 0 radical (unpaired) electrons. The molecule has 12 nitrogen and oxygen atoms in total. The predicted octanol–water partition coefficient (Wildman–Crippen LogP) is 2.18. The highest BCUT2D eigenvalue weighted by Crippen LogP contribution is 2.47. The minimum absolute atomic E-state index is 0.0436.